The van der Waals surface area contributed by atoms with Crippen molar-refractivity contribution in [2.45, 2.75) is 26.0 Å². The quantitative estimate of drug-likeness (QED) is 0.582. The maximum atomic E-state index is 12.5. The topological polar surface area (TPSA) is 102 Å². The van der Waals surface area contributed by atoms with Crippen molar-refractivity contribution in [2.75, 3.05) is 30.4 Å². The monoisotopic (exact) mass is 440 g/mol. The summed E-state index contributed by atoms with van der Waals surface area (Å²) >= 11 is 1.12. The van der Waals surface area contributed by atoms with Crippen molar-refractivity contribution in [1.82, 2.24) is 19.0 Å². The van der Waals surface area contributed by atoms with E-state index < -0.39 is 0 Å². The maximum absolute atomic E-state index is 12.5. The summed E-state index contributed by atoms with van der Waals surface area (Å²) in [5.74, 6) is 1.85. The van der Waals surface area contributed by atoms with Crippen LogP contribution in [0.25, 0.3) is 0 Å². The molecule has 0 spiro atoms. The van der Waals surface area contributed by atoms with Crippen molar-refractivity contribution in [1.29, 1.82) is 0 Å². The molecule has 2 aromatic heterocycles. The molecule has 9 nitrogen and oxygen atoms in total. The number of urea groups is 1. The first-order valence-electron chi connectivity index (χ1n) is 9.93. The van der Waals surface area contributed by atoms with E-state index in [-0.39, 0.29) is 12.1 Å². The van der Waals surface area contributed by atoms with Gasteiger partial charge in [-0.2, -0.15) is 4.37 Å². The van der Waals surface area contributed by atoms with Gasteiger partial charge in [-0.25, -0.2) is 4.79 Å². The standard InChI is InChI=1S/C21H24N6O3S/c1-14-3-4-18(29-2)17(11-14)24-21(28)23-16-7-10-27(12-16)19-20(26-31-25-19)30-13-15-5-8-22-9-6-15/h3-6,8-9,11,16H,7,10,12-13H2,1-2H3,(H2,23,24,28). The highest BCUT2D eigenvalue weighted by atomic mass is 32.1. The molecule has 0 saturated carbocycles. The lowest BCUT2D eigenvalue weighted by Crippen LogP contribution is -2.39. The number of nitrogens with one attached hydrogen (secondary N) is 2. The summed E-state index contributed by atoms with van der Waals surface area (Å²) in [6, 6.07) is 9.19. The van der Waals surface area contributed by atoms with Crippen LogP contribution in [0.1, 0.15) is 17.5 Å². The van der Waals surface area contributed by atoms with Crippen LogP contribution >= 0.6 is 11.7 Å². The minimum Gasteiger partial charge on any atom is -0.495 e. The van der Waals surface area contributed by atoms with Crippen LogP contribution in [0.4, 0.5) is 16.3 Å². The van der Waals surface area contributed by atoms with E-state index in [1.165, 1.54) is 0 Å². The highest BCUT2D eigenvalue weighted by Gasteiger charge is 2.28. The molecule has 1 atom stereocenters. The van der Waals surface area contributed by atoms with Crippen molar-refractivity contribution < 1.29 is 14.3 Å². The molecule has 1 fully saturated rings. The summed E-state index contributed by atoms with van der Waals surface area (Å²) < 4.78 is 19.9. The number of carbonyl (C=O) groups excluding carboxylic acids is 1. The van der Waals surface area contributed by atoms with Gasteiger partial charge >= 0.3 is 6.03 Å². The Morgan fingerprint density at radius 1 is 1.26 bits per heavy atom. The third kappa shape index (κ3) is 5.21. The number of aromatic nitrogens is 3. The average Bonchev–Trinajstić information content (AvgIpc) is 3.42. The Labute approximate surface area is 184 Å². The summed E-state index contributed by atoms with van der Waals surface area (Å²) in [5.41, 5.74) is 2.70. The lowest BCUT2D eigenvalue weighted by atomic mass is 10.2. The molecule has 1 aliphatic heterocycles. The van der Waals surface area contributed by atoms with Gasteiger partial charge in [0.2, 0.25) is 5.82 Å². The normalized spacial score (nSPS) is 15.5. The first kappa shape index (κ1) is 20.9. The van der Waals surface area contributed by atoms with Crippen LogP contribution in [0.2, 0.25) is 0 Å². The molecule has 1 aliphatic rings. The highest BCUT2D eigenvalue weighted by molar-refractivity contribution is 6.99. The van der Waals surface area contributed by atoms with Crippen LogP contribution in [0.3, 0.4) is 0 Å². The van der Waals surface area contributed by atoms with Gasteiger partial charge < -0.3 is 25.0 Å². The summed E-state index contributed by atoms with van der Waals surface area (Å²) in [4.78, 5) is 18.6. The van der Waals surface area contributed by atoms with Crippen LogP contribution < -0.4 is 25.0 Å². The Balaban J connectivity index is 1.32. The first-order chi connectivity index (χ1) is 15.1. The van der Waals surface area contributed by atoms with Gasteiger partial charge in [0.1, 0.15) is 12.4 Å². The predicted octanol–water partition coefficient (Wildman–Crippen LogP) is 3.23. The van der Waals surface area contributed by atoms with E-state index in [1.54, 1.807) is 19.5 Å². The number of amides is 2. The second-order valence-electron chi connectivity index (χ2n) is 7.27. The molecule has 1 aromatic carbocycles. The van der Waals surface area contributed by atoms with Crippen molar-refractivity contribution in [3.05, 3.63) is 53.9 Å². The predicted molar refractivity (Wildman–Crippen MR) is 119 cm³/mol. The second kappa shape index (κ2) is 9.61. The number of rotatable bonds is 7. The molecule has 162 valence electrons. The van der Waals surface area contributed by atoms with Crippen LogP contribution in [0, 0.1) is 6.92 Å². The molecule has 1 saturated heterocycles. The molecule has 0 radical (unpaired) electrons. The van der Waals surface area contributed by atoms with Gasteiger partial charge in [0, 0.05) is 31.5 Å². The first-order valence-corrected chi connectivity index (χ1v) is 10.7. The van der Waals surface area contributed by atoms with E-state index in [0.717, 1.165) is 35.8 Å². The van der Waals surface area contributed by atoms with Crippen LogP contribution in [0.5, 0.6) is 11.6 Å². The van der Waals surface area contributed by atoms with Crippen molar-refractivity contribution >= 4 is 29.3 Å². The Morgan fingerprint density at radius 2 is 2.10 bits per heavy atom. The lowest BCUT2D eigenvalue weighted by Gasteiger charge is -2.18. The fraction of sp³-hybridized carbons (Fsp3) is 0.333. The second-order valence-corrected chi connectivity index (χ2v) is 7.80. The SMILES string of the molecule is COc1ccc(C)cc1NC(=O)NC1CCN(c2nsnc2OCc2ccncc2)C1. The Morgan fingerprint density at radius 3 is 2.90 bits per heavy atom. The molecule has 2 amide bonds. The molecule has 10 heteroatoms. The van der Waals surface area contributed by atoms with E-state index in [1.807, 2.05) is 37.3 Å². The summed E-state index contributed by atoms with van der Waals surface area (Å²) in [6.45, 7) is 3.76. The molecule has 0 aliphatic carbocycles. The van der Waals surface area contributed by atoms with Crippen molar-refractivity contribution in [3.63, 3.8) is 0 Å². The smallest absolute Gasteiger partial charge is 0.319 e. The van der Waals surface area contributed by atoms with E-state index >= 15 is 0 Å². The number of nitrogens with zero attached hydrogens (tertiary/aromatic N) is 4. The molecular formula is C21H24N6O3S. The zero-order chi connectivity index (χ0) is 21.6. The Hall–Kier alpha value is -3.40. The number of hydrogen-bond donors (Lipinski definition) is 2. The van der Waals surface area contributed by atoms with E-state index in [9.17, 15) is 4.79 Å². The lowest BCUT2D eigenvalue weighted by molar-refractivity contribution is 0.249. The zero-order valence-corrected chi connectivity index (χ0v) is 18.2. The molecule has 1 unspecified atom stereocenters. The molecule has 3 heterocycles. The average molecular weight is 441 g/mol. The molecular weight excluding hydrogens is 416 g/mol. The third-order valence-corrected chi connectivity index (χ3v) is 5.50. The van der Waals surface area contributed by atoms with E-state index in [0.29, 0.717) is 36.3 Å². The molecule has 31 heavy (non-hydrogen) atoms. The van der Waals surface area contributed by atoms with Crippen molar-refractivity contribution in [2.24, 2.45) is 0 Å². The number of aryl methyl sites for hydroxylation is 1. The van der Waals surface area contributed by atoms with Gasteiger partial charge in [0.05, 0.1) is 24.5 Å². The van der Waals surface area contributed by atoms with Gasteiger partial charge in [-0.1, -0.05) is 6.07 Å². The van der Waals surface area contributed by atoms with Crippen LogP contribution in [0.15, 0.2) is 42.7 Å². The van der Waals surface area contributed by atoms with Gasteiger partial charge in [0.25, 0.3) is 5.88 Å². The molecule has 3 aromatic rings. The molecule has 0 bridgehead atoms. The zero-order valence-electron chi connectivity index (χ0n) is 17.4. The minimum absolute atomic E-state index is 0.00875. The fourth-order valence-electron chi connectivity index (χ4n) is 3.42. The Bertz CT molecular complexity index is 1030. The largest absolute Gasteiger partial charge is 0.495 e. The minimum atomic E-state index is -0.263. The van der Waals surface area contributed by atoms with Gasteiger partial charge in [-0.3, -0.25) is 4.98 Å². The van der Waals surface area contributed by atoms with Gasteiger partial charge in [-0.15, -0.1) is 4.37 Å². The number of pyridine rings is 1. The van der Waals surface area contributed by atoms with E-state index in [4.69, 9.17) is 9.47 Å². The maximum Gasteiger partial charge on any atom is 0.319 e. The number of benzene rings is 1. The summed E-state index contributed by atoms with van der Waals surface area (Å²) in [6.07, 6.45) is 4.26. The Kier molecular flexibility index (Phi) is 6.46. The van der Waals surface area contributed by atoms with Crippen LogP contribution in [-0.2, 0) is 6.61 Å². The van der Waals surface area contributed by atoms with Gasteiger partial charge in [0.15, 0.2) is 0 Å². The van der Waals surface area contributed by atoms with Crippen LogP contribution in [-0.4, -0.2) is 46.0 Å². The fourth-order valence-corrected chi connectivity index (χ4v) is 3.94. The van der Waals surface area contributed by atoms with E-state index in [2.05, 4.69) is 29.3 Å². The molecule has 2 N–H and O–H groups in total. The number of carbonyl (C=O) groups is 1. The third-order valence-electron chi connectivity index (χ3n) is 4.99. The number of ether oxygens (including phenoxy) is 2. The number of methoxy groups -OCH3 is 1. The highest BCUT2D eigenvalue weighted by Crippen LogP contribution is 2.29. The summed E-state index contributed by atoms with van der Waals surface area (Å²) in [7, 11) is 1.58. The van der Waals surface area contributed by atoms with Gasteiger partial charge in [-0.05, 0) is 48.7 Å². The van der Waals surface area contributed by atoms with Crippen molar-refractivity contribution in [3.8, 4) is 11.6 Å². The molecule has 4 rings (SSSR count). The summed E-state index contributed by atoms with van der Waals surface area (Å²) in [5, 5.41) is 5.91. The number of hydrogen-bond acceptors (Lipinski definition) is 8. The number of anilines is 2.